The molecule has 0 radical (unpaired) electrons. The van der Waals surface area contributed by atoms with E-state index >= 15 is 0 Å². The first-order valence-corrected chi connectivity index (χ1v) is 8.01. The van der Waals surface area contributed by atoms with Crippen molar-refractivity contribution in [3.63, 3.8) is 0 Å². The summed E-state index contributed by atoms with van der Waals surface area (Å²) in [6.07, 6.45) is 1.88. The molecule has 7 heteroatoms. The summed E-state index contributed by atoms with van der Waals surface area (Å²) in [5.41, 5.74) is 8.48. The fourth-order valence-electron chi connectivity index (χ4n) is 1.74. The molecule has 0 atom stereocenters. The van der Waals surface area contributed by atoms with Gasteiger partial charge in [0.1, 0.15) is 10.7 Å². The molecular formula is C13H15N5S2. The van der Waals surface area contributed by atoms with Crippen LogP contribution in [-0.2, 0) is 12.1 Å². The lowest BCUT2D eigenvalue weighted by atomic mass is 10.0. The predicted molar refractivity (Wildman–Crippen MR) is 81.8 cm³/mol. The Morgan fingerprint density at radius 3 is 2.85 bits per heavy atom. The van der Waals surface area contributed by atoms with E-state index in [-0.39, 0.29) is 0 Å². The highest BCUT2D eigenvalue weighted by Crippen LogP contribution is 2.26. The van der Waals surface area contributed by atoms with Crippen LogP contribution < -0.4 is 5.73 Å². The molecule has 0 aliphatic carbocycles. The number of aromatic nitrogens is 4. The number of hydrogen-bond acceptors (Lipinski definition) is 6. The highest BCUT2D eigenvalue weighted by molar-refractivity contribution is 7.14. The maximum Gasteiger partial charge on any atom is 0.124 e. The summed E-state index contributed by atoms with van der Waals surface area (Å²) >= 11 is 3.33. The highest BCUT2D eigenvalue weighted by Gasteiger charge is 2.18. The van der Waals surface area contributed by atoms with E-state index in [1.165, 1.54) is 5.56 Å². The minimum absolute atomic E-state index is 0.470. The van der Waals surface area contributed by atoms with E-state index in [9.17, 15) is 0 Å². The SMILES string of the molecule is CC(C)(N)c1cn(Cc2csc(-c3ccsc3)n2)nn1. The quantitative estimate of drug-likeness (QED) is 0.804. The van der Waals surface area contributed by atoms with Crippen molar-refractivity contribution >= 4 is 22.7 Å². The molecule has 0 aromatic carbocycles. The highest BCUT2D eigenvalue weighted by atomic mass is 32.1. The zero-order valence-corrected chi connectivity index (χ0v) is 12.9. The van der Waals surface area contributed by atoms with Crippen molar-refractivity contribution in [1.29, 1.82) is 0 Å². The summed E-state index contributed by atoms with van der Waals surface area (Å²) < 4.78 is 1.77. The van der Waals surface area contributed by atoms with E-state index in [0.717, 1.165) is 16.4 Å². The molecule has 3 heterocycles. The van der Waals surface area contributed by atoms with Gasteiger partial charge in [-0.05, 0) is 25.3 Å². The summed E-state index contributed by atoms with van der Waals surface area (Å²) in [5, 5.41) is 15.5. The zero-order valence-electron chi connectivity index (χ0n) is 11.3. The van der Waals surface area contributed by atoms with Gasteiger partial charge in [-0.1, -0.05) is 5.21 Å². The number of thiophene rings is 1. The van der Waals surface area contributed by atoms with Crippen molar-refractivity contribution < 1.29 is 0 Å². The van der Waals surface area contributed by atoms with Crippen molar-refractivity contribution in [1.82, 2.24) is 20.0 Å². The number of hydrogen-bond donors (Lipinski definition) is 1. The van der Waals surface area contributed by atoms with Gasteiger partial charge in [-0.3, -0.25) is 0 Å². The third kappa shape index (κ3) is 2.79. The van der Waals surface area contributed by atoms with E-state index in [4.69, 9.17) is 5.73 Å². The van der Waals surface area contributed by atoms with E-state index in [0.29, 0.717) is 6.54 Å². The lowest BCUT2D eigenvalue weighted by Crippen LogP contribution is -2.29. The lowest BCUT2D eigenvalue weighted by molar-refractivity contribution is 0.533. The monoisotopic (exact) mass is 305 g/mol. The fraction of sp³-hybridized carbons (Fsp3) is 0.308. The van der Waals surface area contributed by atoms with Crippen molar-refractivity contribution in [3.05, 3.63) is 39.8 Å². The molecule has 20 heavy (non-hydrogen) atoms. The van der Waals surface area contributed by atoms with Gasteiger partial charge < -0.3 is 5.73 Å². The fourth-order valence-corrected chi connectivity index (χ4v) is 3.26. The minimum Gasteiger partial charge on any atom is -0.320 e. The summed E-state index contributed by atoms with van der Waals surface area (Å²) in [6.45, 7) is 4.45. The molecule has 104 valence electrons. The molecule has 2 N–H and O–H groups in total. The average molecular weight is 305 g/mol. The van der Waals surface area contributed by atoms with Gasteiger partial charge in [-0.15, -0.1) is 16.4 Å². The van der Waals surface area contributed by atoms with Crippen LogP contribution in [-0.4, -0.2) is 20.0 Å². The van der Waals surface area contributed by atoms with Gasteiger partial charge in [0, 0.05) is 16.3 Å². The summed E-state index contributed by atoms with van der Waals surface area (Å²) in [5.74, 6) is 0. The molecule has 0 unspecified atom stereocenters. The largest absolute Gasteiger partial charge is 0.320 e. The molecule has 0 aliphatic heterocycles. The minimum atomic E-state index is -0.470. The topological polar surface area (TPSA) is 69.6 Å². The third-order valence-electron chi connectivity index (χ3n) is 2.84. The second-order valence-corrected chi connectivity index (χ2v) is 6.82. The van der Waals surface area contributed by atoms with E-state index in [1.807, 2.05) is 20.0 Å². The smallest absolute Gasteiger partial charge is 0.124 e. The molecular weight excluding hydrogens is 290 g/mol. The van der Waals surface area contributed by atoms with Crippen molar-refractivity contribution in [2.24, 2.45) is 5.73 Å². The number of nitrogens with zero attached hydrogens (tertiary/aromatic N) is 4. The van der Waals surface area contributed by atoms with Crippen LogP contribution in [0.5, 0.6) is 0 Å². The van der Waals surface area contributed by atoms with Crippen LogP contribution in [0.2, 0.25) is 0 Å². The molecule has 3 rings (SSSR count). The van der Waals surface area contributed by atoms with Crippen molar-refractivity contribution in [3.8, 4) is 10.6 Å². The van der Waals surface area contributed by atoms with Gasteiger partial charge in [0.05, 0.1) is 24.0 Å². The maximum atomic E-state index is 6.00. The molecule has 0 fully saturated rings. The molecule has 3 aromatic heterocycles. The Labute approximate surface area is 125 Å². The second-order valence-electron chi connectivity index (χ2n) is 5.18. The van der Waals surface area contributed by atoms with Crippen LogP contribution in [0, 0.1) is 0 Å². The van der Waals surface area contributed by atoms with Gasteiger partial charge in [0.2, 0.25) is 0 Å². The maximum absolute atomic E-state index is 6.00. The molecule has 0 bridgehead atoms. The molecule has 0 spiro atoms. The van der Waals surface area contributed by atoms with Crippen LogP contribution in [0.15, 0.2) is 28.4 Å². The number of thiazole rings is 1. The Balaban J connectivity index is 1.77. The Bertz CT molecular complexity index is 690. The Kier molecular flexibility index (Phi) is 3.41. The van der Waals surface area contributed by atoms with E-state index < -0.39 is 5.54 Å². The van der Waals surface area contributed by atoms with Crippen LogP contribution in [0.3, 0.4) is 0 Å². The number of nitrogens with two attached hydrogens (primary N) is 1. The molecule has 5 nitrogen and oxygen atoms in total. The van der Waals surface area contributed by atoms with Crippen molar-refractivity contribution in [2.75, 3.05) is 0 Å². The third-order valence-corrected chi connectivity index (χ3v) is 4.47. The van der Waals surface area contributed by atoms with E-state index in [1.54, 1.807) is 27.4 Å². The van der Waals surface area contributed by atoms with Crippen LogP contribution in [0.1, 0.15) is 25.2 Å². The Morgan fingerprint density at radius 2 is 2.20 bits per heavy atom. The second kappa shape index (κ2) is 5.08. The van der Waals surface area contributed by atoms with E-state index in [2.05, 4.69) is 37.5 Å². The zero-order chi connectivity index (χ0) is 14.2. The van der Waals surface area contributed by atoms with Crippen LogP contribution in [0.25, 0.3) is 10.6 Å². The Hall–Kier alpha value is -1.57. The normalized spacial score (nSPS) is 11.9. The number of rotatable bonds is 4. The molecule has 0 saturated heterocycles. The summed E-state index contributed by atoms with van der Waals surface area (Å²) in [4.78, 5) is 4.62. The first-order chi connectivity index (χ1) is 9.52. The van der Waals surface area contributed by atoms with Gasteiger partial charge >= 0.3 is 0 Å². The summed E-state index contributed by atoms with van der Waals surface area (Å²) in [6, 6.07) is 2.08. The van der Waals surface area contributed by atoms with Gasteiger partial charge in [-0.25, -0.2) is 9.67 Å². The van der Waals surface area contributed by atoms with Crippen LogP contribution in [0.4, 0.5) is 0 Å². The Morgan fingerprint density at radius 1 is 1.35 bits per heavy atom. The van der Waals surface area contributed by atoms with Gasteiger partial charge in [0.15, 0.2) is 0 Å². The van der Waals surface area contributed by atoms with Crippen molar-refractivity contribution in [2.45, 2.75) is 25.9 Å². The predicted octanol–water partition coefficient (Wildman–Crippen LogP) is 2.71. The summed E-state index contributed by atoms with van der Waals surface area (Å²) in [7, 11) is 0. The first-order valence-electron chi connectivity index (χ1n) is 6.19. The van der Waals surface area contributed by atoms with Gasteiger partial charge in [-0.2, -0.15) is 11.3 Å². The molecule has 0 saturated carbocycles. The lowest BCUT2D eigenvalue weighted by Gasteiger charge is -2.13. The van der Waals surface area contributed by atoms with Crippen LogP contribution >= 0.6 is 22.7 Å². The molecule has 3 aromatic rings. The molecule has 0 amide bonds. The van der Waals surface area contributed by atoms with Gasteiger partial charge in [0.25, 0.3) is 0 Å². The standard InChI is InChI=1S/C13H15N5S2/c1-13(2,14)11-6-18(17-16-11)5-10-8-20-12(15-10)9-3-4-19-7-9/h3-4,6-8H,5,14H2,1-2H3. The first kappa shape index (κ1) is 13.4. The molecule has 0 aliphatic rings. The average Bonchev–Trinajstić information content (AvgIpc) is 3.08.